The Bertz CT molecular complexity index is 2450. The summed E-state index contributed by atoms with van der Waals surface area (Å²) in [6, 6.07) is 49.3. The van der Waals surface area contributed by atoms with Gasteiger partial charge in [0.05, 0.1) is 0 Å². The van der Waals surface area contributed by atoms with Gasteiger partial charge in [0.1, 0.15) is 5.52 Å². The van der Waals surface area contributed by atoms with Crippen molar-refractivity contribution in [2.45, 2.75) is 0 Å². The van der Waals surface area contributed by atoms with Crippen molar-refractivity contribution in [1.82, 2.24) is 19.9 Å². The van der Waals surface area contributed by atoms with Gasteiger partial charge < -0.3 is 4.42 Å². The van der Waals surface area contributed by atoms with E-state index in [-0.39, 0.29) is 0 Å². The molecule has 0 aliphatic rings. The van der Waals surface area contributed by atoms with Crippen molar-refractivity contribution in [3.8, 4) is 56.7 Å². The highest BCUT2D eigenvalue weighted by Gasteiger charge is 2.20. The van der Waals surface area contributed by atoms with E-state index in [1.807, 2.05) is 91.0 Å². The fourth-order valence-corrected chi connectivity index (χ4v) is 7.12. The monoisotopic (exact) mass is 608 g/mol. The van der Waals surface area contributed by atoms with Gasteiger partial charge in [-0.3, -0.25) is 0 Å². The van der Waals surface area contributed by atoms with Crippen molar-refractivity contribution >= 4 is 42.6 Å². The Labute approximate surface area is 268 Å². The molecule has 0 aliphatic carbocycles. The second kappa shape index (κ2) is 10.9. The average molecular weight is 609 g/mol. The van der Waals surface area contributed by atoms with Gasteiger partial charge in [0, 0.05) is 54.1 Å². The molecule has 0 unspecified atom stereocenters. The van der Waals surface area contributed by atoms with E-state index in [4.69, 9.17) is 24.4 Å². The predicted molar refractivity (Wildman–Crippen MR) is 187 cm³/mol. The lowest BCUT2D eigenvalue weighted by atomic mass is 9.97. The Morgan fingerprint density at radius 2 is 0.935 bits per heavy atom. The molecule has 216 valence electrons. The average Bonchev–Trinajstić information content (AvgIpc) is 3.73. The van der Waals surface area contributed by atoms with E-state index in [1.54, 1.807) is 11.3 Å². The molecule has 5 nitrogen and oxygen atoms in total. The summed E-state index contributed by atoms with van der Waals surface area (Å²) in [6.07, 6.45) is 0. The molecule has 0 amide bonds. The number of fused-ring (bicyclic) bond motifs is 4. The highest BCUT2D eigenvalue weighted by atomic mass is 32.1. The third-order valence-electron chi connectivity index (χ3n) is 8.18. The Hall–Kier alpha value is -5.98. The summed E-state index contributed by atoms with van der Waals surface area (Å²) in [4.78, 5) is 19.8. The summed E-state index contributed by atoms with van der Waals surface area (Å²) >= 11 is 1.77. The number of hydrogen-bond acceptors (Lipinski definition) is 6. The number of hydrogen-bond donors (Lipinski definition) is 0. The van der Waals surface area contributed by atoms with E-state index in [0.29, 0.717) is 23.4 Å². The molecule has 6 heteroatoms. The second-order valence-electron chi connectivity index (χ2n) is 11.1. The van der Waals surface area contributed by atoms with Crippen molar-refractivity contribution in [2.75, 3.05) is 0 Å². The number of thiophene rings is 1. The van der Waals surface area contributed by atoms with E-state index in [9.17, 15) is 0 Å². The Morgan fingerprint density at radius 3 is 1.54 bits per heavy atom. The van der Waals surface area contributed by atoms with Crippen LogP contribution in [0.4, 0.5) is 0 Å². The maximum absolute atomic E-state index is 6.39. The first-order valence-electron chi connectivity index (χ1n) is 15.1. The van der Waals surface area contributed by atoms with Gasteiger partial charge >= 0.3 is 0 Å². The van der Waals surface area contributed by atoms with Crippen LogP contribution >= 0.6 is 11.3 Å². The zero-order valence-electron chi connectivity index (χ0n) is 24.5. The van der Waals surface area contributed by atoms with Crippen LogP contribution in [0.15, 0.2) is 150 Å². The second-order valence-corrected chi connectivity index (χ2v) is 12.2. The Kier molecular flexibility index (Phi) is 6.25. The number of rotatable bonds is 5. The van der Waals surface area contributed by atoms with Crippen LogP contribution in [0.1, 0.15) is 0 Å². The molecule has 0 bridgehead atoms. The summed E-state index contributed by atoms with van der Waals surface area (Å²) in [5, 5.41) is 2.40. The van der Waals surface area contributed by atoms with E-state index in [0.717, 1.165) is 44.5 Å². The molecule has 9 aromatic rings. The van der Waals surface area contributed by atoms with Gasteiger partial charge in [0.15, 0.2) is 23.1 Å². The fraction of sp³-hybridized carbons (Fsp3) is 0. The third kappa shape index (κ3) is 4.55. The van der Waals surface area contributed by atoms with Crippen molar-refractivity contribution in [3.63, 3.8) is 0 Å². The summed E-state index contributed by atoms with van der Waals surface area (Å²) in [5.41, 5.74) is 7.48. The van der Waals surface area contributed by atoms with E-state index in [1.165, 1.54) is 20.2 Å². The number of benzene rings is 6. The highest BCUT2D eigenvalue weighted by Crippen LogP contribution is 2.45. The minimum Gasteiger partial charge on any atom is -0.436 e. The van der Waals surface area contributed by atoms with Gasteiger partial charge in [-0.05, 0) is 23.8 Å². The van der Waals surface area contributed by atoms with Crippen LogP contribution in [-0.2, 0) is 0 Å². The predicted octanol–water partition coefficient (Wildman–Crippen LogP) is 10.7. The number of nitrogens with zero attached hydrogens (tertiary/aromatic N) is 4. The molecule has 0 fully saturated rings. The van der Waals surface area contributed by atoms with Gasteiger partial charge in [-0.25, -0.2) is 19.9 Å². The van der Waals surface area contributed by atoms with Crippen LogP contribution in [0.2, 0.25) is 0 Å². The molecule has 6 aromatic carbocycles. The Morgan fingerprint density at radius 1 is 0.435 bits per heavy atom. The summed E-state index contributed by atoms with van der Waals surface area (Å²) in [7, 11) is 0. The number of oxazole rings is 1. The first-order chi connectivity index (χ1) is 22.8. The van der Waals surface area contributed by atoms with Crippen LogP contribution in [0.5, 0.6) is 0 Å². The van der Waals surface area contributed by atoms with E-state index >= 15 is 0 Å². The molecule has 0 N–H and O–H groups in total. The van der Waals surface area contributed by atoms with Gasteiger partial charge in [-0.15, -0.1) is 11.3 Å². The van der Waals surface area contributed by atoms with Crippen LogP contribution in [0.3, 0.4) is 0 Å². The lowest BCUT2D eigenvalue weighted by Gasteiger charge is -2.10. The normalized spacial score (nSPS) is 11.5. The quantitative estimate of drug-likeness (QED) is 0.194. The van der Waals surface area contributed by atoms with Crippen LogP contribution < -0.4 is 0 Å². The fourth-order valence-electron chi connectivity index (χ4n) is 5.98. The van der Waals surface area contributed by atoms with Gasteiger partial charge in [-0.1, -0.05) is 121 Å². The van der Waals surface area contributed by atoms with Crippen molar-refractivity contribution in [3.05, 3.63) is 146 Å². The first-order valence-corrected chi connectivity index (χ1v) is 15.9. The molecule has 0 atom stereocenters. The zero-order valence-corrected chi connectivity index (χ0v) is 25.3. The molecule has 0 saturated carbocycles. The lowest BCUT2D eigenvalue weighted by Crippen LogP contribution is -2.00. The molecule has 3 aromatic heterocycles. The Balaban J connectivity index is 1.23. The maximum atomic E-state index is 6.39. The summed E-state index contributed by atoms with van der Waals surface area (Å²) in [6.45, 7) is 0. The molecule has 0 aliphatic heterocycles. The molecule has 0 radical (unpaired) electrons. The topological polar surface area (TPSA) is 64.7 Å². The van der Waals surface area contributed by atoms with E-state index in [2.05, 4.69) is 54.6 Å². The van der Waals surface area contributed by atoms with Crippen molar-refractivity contribution < 1.29 is 4.42 Å². The maximum Gasteiger partial charge on any atom is 0.227 e. The standard InChI is InChI=1S/C40H24N4OS/c1-4-12-26(13-5-1)37-42-38(27-14-6-2-7-15-27)44-39(43-37)28-22-20-25(21-23-28)34-35-30-18-10-11-19-32(30)46-33(35)24-31-36(34)41-40(45-31)29-16-8-3-9-17-29/h1-24H. The highest BCUT2D eigenvalue weighted by molar-refractivity contribution is 7.26. The molecular weight excluding hydrogens is 585 g/mol. The van der Waals surface area contributed by atoms with Crippen LogP contribution in [0.25, 0.3) is 88.0 Å². The molecule has 46 heavy (non-hydrogen) atoms. The molecule has 9 rings (SSSR count). The molecule has 0 saturated heterocycles. The first kappa shape index (κ1) is 26.4. The van der Waals surface area contributed by atoms with Gasteiger partial charge in [0.25, 0.3) is 0 Å². The lowest BCUT2D eigenvalue weighted by molar-refractivity contribution is 0.620. The largest absolute Gasteiger partial charge is 0.436 e. The zero-order chi connectivity index (χ0) is 30.5. The summed E-state index contributed by atoms with van der Waals surface area (Å²) < 4.78 is 8.79. The van der Waals surface area contributed by atoms with Crippen LogP contribution in [-0.4, -0.2) is 19.9 Å². The number of aromatic nitrogens is 4. The third-order valence-corrected chi connectivity index (χ3v) is 9.29. The van der Waals surface area contributed by atoms with Crippen LogP contribution in [0, 0.1) is 0 Å². The molecule has 0 spiro atoms. The van der Waals surface area contributed by atoms with Crippen molar-refractivity contribution in [1.29, 1.82) is 0 Å². The SMILES string of the molecule is c1ccc(-c2nc(-c3ccccc3)nc(-c3ccc(-c4c5nc(-c6ccccc6)oc5cc5sc6ccccc6c45)cc3)n2)cc1. The molecular formula is C40H24N4OS. The van der Waals surface area contributed by atoms with E-state index < -0.39 is 0 Å². The van der Waals surface area contributed by atoms with Crippen molar-refractivity contribution in [2.24, 2.45) is 0 Å². The molecule has 3 heterocycles. The van der Waals surface area contributed by atoms with Gasteiger partial charge in [0.2, 0.25) is 5.89 Å². The minimum absolute atomic E-state index is 0.613. The minimum atomic E-state index is 0.613. The van der Waals surface area contributed by atoms with Gasteiger partial charge in [-0.2, -0.15) is 0 Å². The summed E-state index contributed by atoms with van der Waals surface area (Å²) in [5.74, 6) is 2.51. The smallest absolute Gasteiger partial charge is 0.227 e.